The van der Waals surface area contributed by atoms with Gasteiger partial charge in [0, 0.05) is 10.9 Å². The first kappa shape index (κ1) is 11.6. The van der Waals surface area contributed by atoms with Gasteiger partial charge in [0.1, 0.15) is 11.4 Å². The van der Waals surface area contributed by atoms with Gasteiger partial charge >= 0.3 is 5.91 Å². The second-order valence-corrected chi connectivity index (χ2v) is 3.56. The van der Waals surface area contributed by atoms with Crippen molar-refractivity contribution in [2.24, 2.45) is 0 Å². The van der Waals surface area contributed by atoms with Gasteiger partial charge in [-0.25, -0.2) is 9.87 Å². The number of nitrogens with one attached hydrogen (secondary N) is 1. The van der Waals surface area contributed by atoms with Crippen LogP contribution in [0.1, 0.15) is 23.0 Å². The third kappa shape index (κ3) is 2.14. The molecule has 1 N–H and O–H groups in total. The van der Waals surface area contributed by atoms with Gasteiger partial charge < -0.3 is 4.42 Å². The monoisotopic (exact) mass is 237 g/mol. The molecule has 90 valence electrons. The molecule has 1 heterocycles. The van der Waals surface area contributed by atoms with Gasteiger partial charge in [-0.2, -0.15) is 0 Å². The number of hydrogen-bond acceptors (Lipinski definition) is 3. The van der Waals surface area contributed by atoms with Crippen molar-refractivity contribution in [3.63, 3.8) is 0 Å². The van der Waals surface area contributed by atoms with Gasteiger partial charge in [0.05, 0.1) is 6.61 Å². The minimum absolute atomic E-state index is 0.138. The molecule has 1 aromatic heterocycles. The van der Waals surface area contributed by atoms with Crippen molar-refractivity contribution in [2.45, 2.75) is 13.8 Å². The van der Waals surface area contributed by atoms with Crippen molar-refractivity contribution in [1.29, 1.82) is 0 Å². The van der Waals surface area contributed by atoms with Crippen LogP contribution in [-0.4, -0.2) is 12.5 Å². The molecule has 2 rings (SSSR count). The lowest BCUT2D eigenvalue weighted by Crippen LogP contribution is -2.23. The van der Waals surface area contributed by atoms with Crippen molar-refractivity contribution in [2.75, 3.05) is 6.61 Å². The summed E-state index contributed by atoms with van der Waals surface area (Å²) in [5.74, 6) is -0.696. The molecule has 0 radical (unpaired) electrons. The molecule has 1 aromatic carbocycles. The van der Waals surface area contributed by atoms with Crippen molar-refractivity contribution in [1.82, 2.24) is 5.48 Å². The molecular formula is C12H12FNO3. The fourth-order valence-corrected chi connectivity index (χ4v) is 1.59. The molecule has 4 nitrogen and oxygen atoms in total. The number of amides is 1. The second kappa shape index (κ2) is 4.55. The topological polar surface area (TPSA) is 51.5 Å². The number of hydrogen-bond donors (Lipinski definition) is 1. The van der Waals surface area contributed by atoms with Crippen LogP contribution >= 0.6 is 0 Å². The standard InChI is InChI=1S/C12H12FNO3/c1-3-16-14-12(15)11-7(2)9-6-8(13)4-5-10(9)17-11/h4-6H,3H2,1-2H3,(H,14,15). The van der Waals surface area contributed by atoms with Crippen molar-refractivity contribution in [3.8, 4) is 0 Å². The Morgan fingerprint density at radius 1 is 1.53 bits per heavy atom. The molecule has 1 amide bonds. The number of benzene rings is 1. The number of halogens is 1. The molecule has 0 aliphatic heterocycles. The SMILES string of the molecule is CCONC(=O)c1oc2ccc(F)cc2c1C. The highest BCUT2D eigenvalue weighted by Gasteiger charge is 2.17. The normalized spacial score (nSPS) is 10.8. The number of aryl methyl sites for hydroxylation is 1. The number of hydroxylamine groups is 1. The molecule has 0 spiro atoms. The maximum atomic E-state index is 13.1. The number of carbonyl (C=O) groups is 1. The Balaban J connectivity index is 2.42. The lowest BCUT2D eigenvalue weighted by atomic mass is 10.1. The van der Waals surface area contributed by atoms with Crippen LogP contribution in [0, 0.1) is 12.7 Å². The average Bonchev–Trinajstić information content (AvgIpc) is 2.64. The molecule has 0 aliphatic rings. The first-order valence-corrected chi connectivity index (χ1v) is 5.24. The quantitative estimate of drug-likeness (QED) is 0.834. The molecular weight excluding hydrogens is 225 g/mol. The average molecular weight is 237 g/mol. The largest absolute Gasteiger partial charge is 0.451 e. The van der Waals surface area contributed by atoms with Crippen LogP contribution in [0.3, 0.4) is 0 Å². The van der Waals surface area contributed by atoms with Gasteiger partial charge in [0.15, 0.2) is 5.76 Å². The number of fused-ring (bicyclic) bond motifs is 1. The molecule has 0 aliphatic carbocycles. The van der Waals surface area contributed by atoms with Gasteiger partial charge in [-0.1, -0.05) is 0 Å². The summed E-state index contributed by atoms with van der Waals surface area (Å²) in [6.45, 7) is 3.81. The van der Waals surface area contributed by atoms with E-state index in [0.29, 0.717) is 23.1 Å². The maximum Gasteiger partial charge on any atom is 0.310 e. The summed E-state index contributed by atoms with van der Waals surface area (Å²) in [6, 6.07) is 4.12. The summed E-state index contributed by atoms with van der Waals surface area (Å²) in [5, 5.41) is 0.589. The fourth-order valence-electron chi connectivity index (χ4n) is 1.59. The summed E-state index contributed by atoms with van der Waals surface area (Å²) in [4.78, 5) is 16.4. The second-order valence-electron chi connectivity index (χ2n) is 3.56. The van der Waals surface area contributed by atoms with Gasteiger partial charge in [-0.15, -0.1) is 0 Å². The van der Waals surface area contributed by atoms with Crippen LogP contribution in [0.4, 0.5) is 4.39 Å². The zero-order chi connectivity index (χ0) is 12.4. The molecule has 2 aromatic rings. The Kier molecular flexibility index (Phi) is 3.10. The molecule has 5 heteroatoms. The molecule has 0 saturated heterocycles. The fraction of sp³-hybridized carbons (Fsp3) is 0.250. The Labute approximate surface area is 97.3 Å². The first-order chi connectivity index (χ1) is 8.13. The predicted molar refractivity (Wildman–Crippen MR) is 60.0 cm³/mol. The van der Waals surface area contributed by atoms with E-state index in [2.05, 4.69) is 5.48 Å². The summed E-state index contributed by atoms with van der Waals surface area (Å²) >= 11 is 0. The van der Waals surface area contributed by atoms with Crippen molar-refractivity contribution in [3.05, 3.63) is 35.3 Å². The molecule has 0 fully saturated rings. The van der Waals surface area contributed by atoms with Gasteiger partial charge in [-0.05, 0) is 32.0 Å². The van der Waals surface area contributed by atoms with Gasteiger partial charge in [0.2, 0.25) is 0 Å². The molecule has 0 bridgehead atoms. The minimum atomic E-state index is -0.471. The maximum absolute atomic E-state index is 13.1. The van der Waals surface area contributed by atoms with E-state index in [1.54, 1.807) is 13.8 Å². The van der Waals surface area contributed by atoms with E-state index >= 15 is 0 Å². The highest BCUT2D eigenvalue weighted by molar-refractivity contribution is 5.98. The van der Waals surface area contributed by atoms with E-state index in [1.165, 1.54) is 18.2 Å². The van der Waals surface area contributed by atoms with E-state index in [1.807, 2.05) is 0 Å². The minimum Gasteiger partial charge on any atom is -0.451 e. The number of rotatable bonds is 3. The smallest absolute Gasteiger partial charge is 0.310 e. The first-order valence-electron chi connectivity index (χ1n) is 5.24. The van der Waals surface area contributed by atoms with Crippen LogP contribution in [-0.2, 0) is 4.84 Å². The zero-order valence-electron chi connectivity index (χ0n) is 9.54. The van der Waals surface area contributed by atoms with Crippen LogP contribution in [0.15, 0.2) is 22.6 Å². The highest BCUT2D eigenvalue weighted by Crippen LogP contribution is 2.25. The summed E-state index contributed by atoms with van der Waals surface area (Å²) in [7, 11) is 0. The van der Waals surface area contributed by atoms with Crippen molar-refractivity contribution < 1.29 is 18.4 Å². The Bertz CT molecular complexity index is 562. The zero-order valence-corrected chi connectivity index (χ0v) is 9.54. The Hall–Kier alpha value is -1.88. The lowest BCUT2D eigenvalue weighted by molar-refractivity contribution is 0.0341. The highest BCUT2D eigenvalue weighted by atomic mass is 19.1. The predicted octanol–water partition coefficient (Wildman–Crippen LogP) is 2.56. The summed E-state index contributed by atoms with van der Waals surface area (Å²) in [5.41, 5.74) is 3.31. The third-order valence-electron chi connectivity index (χ3n) is 2.41. The lowest BCUT2D eigenvalue weighted by Gasteiger charge is -2.00. The molecule has 0 unspecified atom stereocenters. The van der Waals surface area contributed by atoms with Crippen LogP contribution < -0.4 is 5.48 Å². The Morgan fingerprint density at radius 2 is 2.29 bits per heavy atom. The number of furan rings is 1. The molecule has 17 heavy (non-hydrogen) atoms. The van der Waals surface area contributed by atoms with E-state index in [4.69, 9.17) is 9.25 Å². The van der Waals surface area contributed by atoms with E-state index in [0.717, 1.165) is 0 Å². The Morgan fingerprint density at radius 3 is 3.00 bits per heavy atom. The summed E-state index contributed by atoms with van der Waals surface area (Å²) < 4.78 is 18.4. The van der Waals surface area contributed by atoms with E-state index in [9.17, 15) is 9.18 Å². The van der Waals surface area contributed by atoms with Crippen LogP contribution in [0.5, 0.6) is 0 Å². The summed E-state index contributed by atoms with van der Waals surface area (Å²) in [6.07, 6.45) is 0. The van der Waals surface area contributed by atoms with E-state index < -0.39 is 5.91 Å². The third-order valence-corrected chi connectivity index (χ3v) is 2.41. The van der Waals surface area contributed by atoms with Crippen molar-refractivity contribution >= 4 is 16.9 Å². The van der Waals surface area contributed by atoms with Crippen LogP contribution in [0.2, 0.25) is 0 Å². The molecule has 0 atom stereocenters. The van der Waals surface area contributed by atoms with Gasteiger partial charge in [-0.3, -0.25) is 9.63 Å². The van der Waals surface area contributed by atoms with E-state index in [-0.39, 0.29) is 11.6 Å². The van der Waals surface area contributed by atoms with Crippen LogP contribution in [0.25, 0.3) is 11.0 Å². The van der Waals surface area contributed by atoms with Gasteiger partial charge in [0.25, 0.3) is 0 Å². The number of carbonyl (C=O) groups excluding carboxylic acids is 1. The molecule has 0 saturated carbocycles.